The lowest BCUT2D eigenvalue weighted by Crippen LogP contribution is -2.29. The van der Waals surface area contributed by atoms with Crippen molar-refractivity contribution in [1.82, 2.24) is 19.8 Å². The van der Waals surface area contributed by atoms with E-state index in [0.29, 0.717) is 16.7 Å². The van der Waals surface area contributed by atoms with Crippen LogP contribution in [0.4, 0.5) is 0 Å². The molecule has 0 atom stereocenters. The van der Waals surface area contributed by atoms with Gasteiger partial charge in [0, 0.05) is 13.1 Å². The van der Waals surface area contributed by atoms with Crippen molar-refractivity contribution in [3.05, 3.63) is 17.5 Å². The summed E-state index contributed by atoms with van der Waals surface area (Å²) in [5, 5.41) is 10.7. The van der Waals surface area contributed by atoms with E-state index in [9.17, 15) is 4.79 Å². The summed E-state index contributed by atoms with van der Waals surface area (Å²) in [5.74, 6) is 7.13. The molecule has 0 aliphatic carbocycles. The Hall–Kier alpha value is -1.54. The standard InChI is InChI=1S/C12H15N5OS2/c13-17-11(9-4-3-7-19-9)14-15-12(17)20-8-10(18)16-5-1-2-6-16/h3-4,7H,1-2,5-6,8,13H2. The molecule has 1 amide bonds. The van der Waals surface area contributed by atoms with Crippen molar-refractivity contribution in [3.8, 4) is 10.7 Å². The van der Waals surface area contributed by atoms with Gasteiger partial charge in [-0.1, -0.05) is 17.8 Å². The van der Waals surface area contributed by atoms with Crippen LogP contribution in [0.3, 0.4) is 0 Å². The minimum absolute atomic E-state index is 0.146. The Morgan fingerprint density at radius 2 is 2.20 bits per heavy atom. The predicted octanol–water partition coefficient (Wildman–Crippen LogP) is 1.43. The molecule has 0 spiro atoms. The second kappa shape index (κ2) is 5.84. The number of hydrogen-bond acceptors (Lipinski definition) is 6. The first-order valence-corrected chi connectivity index (χ1v) is 8.27. The summed E-state index contributed by atoms with van der Waals surface area (Å²) in [7, 11) is 0. The number of thiophene rings is 1. The number of aromatic nitrogens is 3. The molecule has 1 aliphatic heterocycles. The van der Waals surface area contributed by atoms with Gasteiger partial charge in [0.15, 0.2) is 5.82 Å². The van der Waals surface area contributed by atoms with Crippen molar-refractivity contribution in [2.24, 2.45) is 0 Å². The number of nitrogens with two attached hydrogens (primary N) is 1. The lowest BCUT2D eigenvalue weighted by molar-refractivity contribution is -0.127. The van der Waals surface area contributed by atoms with Crippen LogP contribution in [0.2, 0.25) is 0 Å². The van der Waals surface area contributed by atoms with E-state index in [0.717, 1.165) is 30.8 Å². The fraction of sp³-hybridized carbons (Fsp3) is 0.417. The molecule has 2 aromatic rings. The smallest absolute Gasteiger partial charge is 0.233 e. The van der Waals surface area contributed by atoms with Gasteiger partial charge in [0.2, 0.25) is 11.1 Å². The van der Waals surface area contributed by atoms with Crippen molar-refractivity contribution in [3.63, 3.8) is 0 Å². The molecule has 2 aromatic heterocycles. The topological polar surface area (TPSA) is 77.0 Å². The highest BCUT2D eigenvalue weighted by Gasteiger charge is 2.19. The molecule has 0 aromatic carbocycles. The second-order valence-corrected chi connectivity index (χ2v) is 6.42. The molecular weight excluding hydrogens is 294 g/mol. The number of likely N-dealkylation sites (tertiary alicyclic amines) is 1. The number of carbonyl (C=O) groups excluding carboxylic acids is 1. The molecule has 0 bridgehead atoms. The normalized spacial score (nSPS) is 14.9. The third-order valence-electron chi connectivity index (χ3n) is 3.19. The molecule has 6 nitrogen and oxygen atoms in total. The van der Waals surface area contributed by atoms with Crippen molar-refractivity contribution >= 4 is 29.0 Å². The Labute approximate surface area is 124 Å². The van der Waals surface area contributed by atoms with Crippen LogP contribution >= 0.6 is 23.1 Å². The van der Waals surface area contributed by atoms with Gasteiger partial charge < -0.3 is 10.7 Å². The second-order valence-electron chi connectivity index (χ2n) is 4.53. The van der Waals surface area contributed by atoms with Crippen LogP contribution in [0, 0.1) is 0 Å². The van der Waals surface area contributed by atoms with Crippen molar-refractivity contribution < 1.29 is 4.79 Å². The quantitative estimate of drug-likeness (QED) is 0.683. The highest BCUT2D eigenvalue weighted by atomic mass is 32.2. The van der Waals surface area contributed by atoms with E-state index in [1.807, 2.05) is 22.4 Å². The summed E-state index contributed by atoms with van der Waals surface area (Å²) in [5.41, 5.74) is 0. The van der Waals surface area contributed by atoms with Crippen LogP contribution < -0.4 is 5.84 Å². The summed E-state index contributed by atoms with van der Waals surface area (Å²) in [4.78, 5) is 14.8. The maximum Gasteiger partial charge on any atom is 0.233 e. The van der Waals surface area contributed by atoms with Gasteiger partial charge in [-0.2, -0.15) is 0 Å². The number of amides is 1. The molecule has 20 heavy (non-hydrogen) atoms. The van der Waals surface area contributed by atoms with E-state index < -0.39 is 0 Å². The minimum Gasteiger partial charge on any atom is -0.342 e. The van der Waals surface area contributed by atoms with E-state index in [4.69, 9.17) is 5.84 Å². The lowest BCUT2D eigenvalue weighted by atomic mass is 10.4. The fourth-order valence-electron chi connectivity index (χ4n) is 2.13. The summed E-state index contributed by atoms with van der Waals surface area (Å²) in [6, 6.07) is 3.89. The third-order valence-corrected chi connectivity index (χ3v) is 4.98. The molecule has 3 heterocycles. The minimum atomic E-state index is 0.146. The number of nitrogens with zero attached hydrogens (tertiary/aromatic N) is 4. The first-order chi connectivity index (χ1) is 9.75. The summed E-state index contributed by atoms with van der Waals surface area (Å²) >= 11 is 2.90. The van der Waals surface area contributed by atoms with Crippen LogP contribution in [0.5, 0.6) is 0 Å². The van der Waals surface area contributed by atoms with Gasteiger partial charge in [-0.05, 0) is 24.3 Å². The number of thioether (sulfide) groups is 1. The molecule has 2 N–H and O–H groups in total. The fourth-order valence-corrected chi connectivity index (χ4v) is 3.60. The van der Waals surface area contributed by atoms with E-state index in [-0.39, 0.29) is 5.91 Å². The first-order valence-electron chi connectivity index (χ1n) is 6.40. The Morgan fingerprint density at radius 1 is 1.40 bits per heavy atom. The van der Waals surface area contributed by atoms with E-state index in [1.165, 1.54) is 16.4 Å². The Morgan fingerprint density at radius 3 is 2.90 bits per heavy atom. The highest BCUT2D eigenvalue weighted by Crippen LogP contribution is 2.25. The highest BCUT2D eigenvalue weighted by molar-refractivity contribution is 7.99. The van der Waals surface area contributed by atoms with Gasteiger partial charge in [-0.15, -0.1) is 21.5 Å². The summed E-state index contributed by atoms with van der Waals surface area (Å²) in [6.07, 6.45) is 2.21. The zero-order valence-corrected chi connectivity index (χ0v) is 12.5. The molecule has 106 valence electrons. The Balaban J connectivity index is 1.65. The molecule has 1 fully saturated rings. The maximum atomic E-state index is 12.0. The molecular formula is C12H15N5OS2. The van der Waals surface area contributed by atoms with Gasteiger partial charge in [0.05, 0.1) is 10.6 Å². The van der Waals surface area contributed by atoms with E-state index >= 15 is 0 Å². The van der Waals surface area contributed by atoms with Crippen LogP contribution in [0.1, 0.15) is 12.8 Å². The molecule has 8 heteroatoms. The van der Waals surface area contributed by atoms with Crippen molar-refractivity contribution in [1.29, 1.82) is 0 Å². The molecule has 0 radical (unpaired) electrons. The van der Waals surface area contributed by atoms with Gasteiger partial charge >= 0.3 is 0 Å². The SMILES string of the molecule is Nn1c(SCC(=O)N2CCCC2)nnc1-c1cccs1. The maximum absolute atomic E-state index is 12.0. The number of hydrogen-bond donors (Lipinski definition) is 1. The third kappa shape index (κ3) is 2.66. The van der Waals surface area contributed by atoms with Crippen molar-refractivity contribution in [2.75, 3.05) is 24.7 Å². The zero-order chi connectivity index (χ0) is 13.9. The number of carbonyl (C=O) groups is 1. The summed E-state index contributed by atoms with van der Waals surface area (Å²) < 4.78 is 1.45. The first kappa shape index (κ1) is 13.4. The average Bonchev–Trinajstić information content (AvgIpc) is 3.18. The number of rotatable bonds is 4. The molecule has 0 saturated carbocycles. The van der Waals surface area contributed by atoms with Gasteiger partial charge in [-0.25, -0.2) is 4.68 Å². The van der Waals surface area contributed by atoms with Gasteiger partial charge in [0.1, 0.15) is 0 Å². The van der Waals surface area contributed by atoms with Crippen LogP contribution in [0.15, 0.2) is 22.7 Å². The molecule has 1 saturated heterocycles. The largest absolute Gasteiger partial charge is 0.342 e. The predicted molar refractivity (Wildman–Crippen MR) is 80.0 cm³/mol. The molecule has 3 rings (SSSR count). The Kier molecular flexibility index (Phi) is 3.93. The van der Waals surface area contributed by atoms with Gasteiger partial charge in [0.25, 0.3) is 0 Å². The zero-order valence-electron chi connectivity index (χ0n) is 10.9. The van der Waals surface area contributed by atoms with Crippen LogP contribution in [-0.4, -0.2) is 44.5 Å². The average molecular weight is 309 g/mol. The number of nitrogen functional groups attached to an aromatic ring is 1. The summed E-state index contributed by atoms with van der Waals surface area (Å²) in [6.45, 7) is 1.74. The lowest BCUT2D eigenvalue weighted by Gasteiger charge is -2.14. The molecule has 1 aliphatic rings. The van der Waals surface area contributed by atoms with Crippen LogP contribution in [-0.2, 0) is 4.79 Å². The van der Waals surface area contributed by atoms with Crippen LogP contribution in [0.25, 0.3) is 10.7 Å². The molecule has 0 unspecified atom stereocenters. The van der Waals surface area contributed by atoms with Crippen molar-refractivity contribution in [2.45, 2.75) is 18.0 Å². The van der Waals surface area contributed by atoms with E-state index in [1.54, 1.807) is 11.3 Å². The van der Waals surface area contributed by atoms with Gasteiger partial charge in [-0.3, -0.25) is 4.79 Å². The van der Waals surface area contributed by atoms with E-state index in [2.05, 4.69) is 10.2 Å². The Bertz CT molecular complexity index is 589. The monoisotopic (exact) mass is 309 g/mol.